The number of aryl methyl sites for hydroxylation is 1. The summed E-state index contributed by atoms with van der Waals surface area (Å²) in [7, 11) is 0. The molecule has 0 spiro atoms. The van der Waals surface area contributed by atoms with Gasteiger partial charge in [0, 0.05) is 10.7 Å². The second kappa shape index (κ2) is 3.31. The minimum atomic E-state index is -0.530. The van der Waals surface area contributed by atoms with Crippen molar-refractivity contribution in [3.05, 3.63) is 34.2 Å². The van der Waals surface area contributed by atoms with Gasteiger partial charge in [-0.2, -0.15) is 4.39 Å². The van der Waals surface area contributed by atoms with Crippen molar-refractivity contribution in [2.24, 2.45) is 0 Å². The molecule has 14 heavy (non-hydrogen) atoms. The molecule has 0 aliphatic heterocycles. The van der Waals surface area contributed by atoms with Crippen molar-refractivity contribution in [2.75, 3.05) is 0 Å². The predicted octanol–water partition coefficient (Wildman–Crippen LogP) is 2.94. The summed E-state index contributed by atoms with van der Waals surface area (Å²) in [5, 5.41) is 0. The Kier molecular flexibility index (Phi) is 2.26. The van der Waals surface area contributed by atoms with Crippen molar-refractivity contribution in [1.29, 1.82) is 0 Å². The molecule has 0 bridgehead atoms. The lowest BCUT2D eigenvalue weighted by molar-refractivity contribution is 0.553. The van der Waals surface area contributed by atoms with E-state index in [0.717, 1.165) is 4.40 Å². The van der Waals surface area contributed by atoms with Gasteiger partial charge in [-0.25, -0.2) is 9.37 Å². The fourth-order valence-electron chi connectivity index (χ4n) is 1.32. The lowest BCUT2D eigenvalue weighted by Gasteiger charge is -1.96. The molecule has 2 aromatic heterocycles. The van der Waals surface area contributed by atoms with E-state index in [4.69, 9.17) is 0 Å². The molecule has 0 aliphatic rings. The molecule has 74 valence electrons. The molecular formula is C9H7BrF2N2. The highest BCUT2D eigenvalue weighted by molar-refractivity contribution is 9.10. The maximum absolute atomic E-state index is 13.5. The summed E-state index contributed by atoms with van der Waals surface area (Å²) in [6, 6.07) is 1.27. The van der Waals surface area contributed by atoms with E-state index in [2.05, 4.69) is 20.9 Å². The van der Waals surface area contributed by atoms with Crippen LogP contribution in [0.2, 0.25) is 0 Å². The zero-order valence-electron chi connectivity index (χ0n) is 7.39. The Morgan fingerprint density at radius 1 is 1.50 bits per heavy atom. The summed E-state index contributed by atoms with van der Waals surface area (Å²) >= 11 is 3.09. The van der Waals surface area contributed by atoms with E-state index >= 15 is 0 Å². The Hall–Kier alpha value is -0.970. The van der Waals surface area contributed by atoms with Gasteiger partial charge in [-0.05, 0) is 28.4 Å². The molecule has 0 amide bonds. The molecule has 0 aromatic carbocycles. The number of rotatable bonds is 1. The van der Waals surface area contributed by atoms with E-state index in [1.807, 2.05) is 0 Å². The van der Waals surface area contributed by atoms with Crippen LogP contribution in [0.4, 0.5) is 8.78 Å². The average Bonchev–Trinajstić information content (AvgIpc) is 2.44. The van der Waals surface area contributed by atoms with E-state index in [-0.39, 0.29) is 11.3 Å². The Labute approximate surface area is 87.7 Å². The summed E-state index contributed by atoms with van der Waals surface area (Å²) < 4.78 is 28.4. The second-order valence-corrected chi connectivity index (χ2v) is 3.82. The first-order valence-electron chi connectivity index (χ1n) is 4.15. The lowest BCUT2D eigenvalue weighted by Crippen LogP contribution is -1.92. The van der Waals surface area contributed by atoms with E-state index in [0.29, 0.717) is 10.9 Å². The second-order valence-electron chi connectivity index (χ2n) is 2.90. The smallest absolute Gasteiger partial charge is 0.221 e. The Morgan fingerprint density at radius 3 is 2.86 bits per heavy atom. The third-order valence-corrected chi connectivity index (χ3v) is 2.42. The molecule has 0 unspecified atom stereocenters. The number of nitrogens with zero attached hydrogens (tertiary/aromatic N) is 2. The maximum atomic E-state index is 13.5. The first-order chi connectivity index (χ1) is 6.63. The molecule has 5 heteroatoms. The van der Waals surface area contributed by atoms with Gasteiger partial charge >= 0.3 is 0 Å². The Morgan fingerprint density at radius 2 is 2.21 bits per heavy atom. The van der Waals surface area contributed by atoms with Gasteiger partial charge in [0.05, 0.1) is 5.69 Å². The highest BCUT2D eigenvalue weighted by Gasteiger charge is 2.13. The van der Waals surface area contributed by atoms with Gasteiger partial charge in [-0.3, -0.25) is 4.40 Å². The topological polar surface area (TPSA) is 17.3 Å². The number of hydrogen-bond acceptors (Lipinski definition) is 1. The van der Waals surface area contributed by atoms with Crippen LogP contribution in [-0.2, 0) is 6.42 Å². The summed E-state index contributed by atoms with van der Waals surface area (Å²) in [6.07, 6.45) is 1.91. The molecule has 2 nitrogen and oxygen atoms in total. The number of pyridine rings is 1. The minimum Gasteiger partial charge on any atom is -0.273 e. The number of aromatic nitrogens is 2. The van der Waals surface area contributed by atoms with Crippen LogP contribution in [0, 0.1) is 11.8 Å². The molecule has 0 aliphatic carbocycles. The average molecular weight is 261 g/mol. The van der Waals surface area contributed by atoms with Crippen LogP contribution < -0.4 is 0 Å². The number of halogens is 3. The SMILES string of the molecule is CCc1nc2c(F)cc(Br)cn2c1F. The molecule has 2 heterocycles. The van der Waals surface area contributed by atoms with Crippen molar-refractivity contribution >= 4 is 21.6 Å². The van der Waals surface area contributed by atoms with E-state index in [9.17, 15) is 8.78 Å². The molecule has 0 saturated heterocycles. The van der Waals surface area contributed by atoms with Crippen LogP contribution in [0.1, 0.15) is 12.6 Å². The van der Waals surface area contributed by atoms with Crippen molar-refractivity contribution in [1.82, 2.24) is 9.38 Å². The molecule has 0 atom stereocenters. The van der Waals surface area contributed by atoms with Crippen LogP contribution in [0.25, 0.3) is 5.65 Å². The molecule has 2 rings (SSSR count). The molecule has 0 radical (unpaired) electrons. The molecule has 2 aromatic rings. The Balaban J connectivity index is 2.85. The van der Waals surface area contributed by atoms with Gasteiger partial charge in [-0.15, -0.1) is 0 Å². The predicted molar refractivity (Wildman–Crippen MR) is 52.2 cm³/mol. The van der Waals surface area contributed by atoms with Gasteiger partial charge in [0.15, 0.2) is 11.5 Å². The third-order valence-electron chi connectivity index (χ3n) is 1.98. The maximum Gasteiger partial charge on any atom is 0.221 e. The van der Waals surface area contributed by atoms with Crippen LogP contribution in [0.5, 0.6) is 0 Å². The third kappa shape index (κ3) is 1.32. The standard InChI is InChI=1S/C9H7BrF2N2/c1-2-7-8(12)14-4-5(10)3-6(11)9(14)13-7/h3-4H,2H2,1H3. The van der Waals surface area contributed by atoms with Gasteiger partial charge < -0.3 is 0 Å². The zero-order chi connectivity index (χ0) is 10.3. The highest BCUT2D eigenvalue weighted by Crippen LogP contribution is 2.19. The summed E-state index contributed by atoms with van der Waals surface area (Å²) in [6.45, 7) is 1.78. The van der Waals surface area contributed by atoms with Crippen LogP contribution >= 0.6 is 15.9 Å². The lowest BCUT2D eigenvalue weighted by atomic mass is 10.4. The largest absolute Gasteiger partial charge is 0.273 e. The number of hydrogen-bond donors (Lipinski definition) is 0. The van der Waals surface area contributed by atoms with Crippen molar-refractivity contribution in [2.45, 2.75) is 13.3 Å². The van der Waals surface area contributed by atoms with Gasteiger partial charge in [-0.1, -0.05) is 6.92 Å². The van der Waals surface area contributed by atoms with Crippen LogP contribution in [-0.4, -0.2) is 9.38 Å². The normalized spacial score (nSPS) is 11.1. The van der Waals surface area contributed by atoms with Gasteiger partial charge in [0.1, 0.15) is 0 Å². The van der Waals surface area contributed by atoms with E-state index in [1.54, 1.807) is 6.92 Å². The van der Waals surface area contributed by atoms with E-state index < -0.39 is 11.8 Å². The zero-order valence-corrected chi connectivity index (χ0v) is 8.98. The number of fused-ring (bicyclic) bond motifs is 1. The molecule has 0 saturated carbocycles. The Bertz CT molecular complexity index is 493. The minimum absolute atomic E-state index is 0.0301. The quantitative estimate of drug-likeness (QED) is 0.771. The van der Waals surface area contributed by atoms with Crippen molar-refractivity contribution in [3.8, 4) is 0 Å². The summed E-state index contributed by atoms with van der Waals surface area (Å²) in [5.74, 6) is -1.03. The first kappa shape index (κ1) is 9.58. The monoisotopic (exact) mass is 260 g/mol. The fourth-order valence-corrected chi connectivity index (χ4v) is 1.72. The van der Waals surface area contributed by atoms with Gasteiger partial charge in [0.2, 0.25) is 5.95 Å². The van der Waals surface area contributed by atoms with Crippen LogP contribution in [0.3, 0.4) is 0 Å². The molecule has 0 N–H and O–H groups in total. The van der Waals surface area contributed by atoms with Gasteiger partial charge in [0.25, 0.3) is 0 Å². The summed E-state index contributed by atoms with van der Waals surface area (Å²) in [4.78, 5) is 3.86. The number of imidazole rings is 1. The summed E-state index contributed by atoms with van der Waals surface area (Å²) in [5.41, 5.74) is 0.310. The molecule has 0 fully saturated rings. The van der Waals surface area contributed by atoms with Crippen molar-refractivity contribution in [3.63, 3.8) is 0 Å². The van der Waals surface area contributed by atoms with Crippen LogP contribution in [0.15, 0.2) is 16.7 Å². The fraction of sp³-hybridized carbons (Fsp3) is 0.222. The molecular weight excluding hydrogens is 254 g/mol. The van der Waals surface area contributed by atoms with E-state index in [1.165, 1.54) is 12.3 Å². The van der Waals surface area contributed by atoms with Crippen molar-refractivity contribution < 1.29 is 8.78 Å². The first-order valence-corrected chi connectivity index (χ1v) is 4.94. The highest BCUT2D eigenvalue weighted by atomic mass is 79.9.